The minimum atomic E-state index is -0.568. The Labute approximate surface area is 172 Å². The van der Waals surface area contributed by atoms with Crippen molar-refractivity contribution in [3.63, 3.8) is 0 Å². The summed E-state index contributed by atoms with van der Waals surface area (Å²) in [6.45, 7) is 8.16. The number of carbonyl (C=O) groups is 2. The van der Waals surface area contributed by atoms with Gasteiger partial charge in [-0.25, -0.2) is 0 Å². The molecular weight excluding hydrogens is 372 g/mol. The van der Waals surface area contributed by atoms with Gasteiger partial charge in [0.25, 0.3) is 0 Å². The first-order valence-electron chi connectivity index (χ1n) is 9.70. The van der Waals surface area contributed by atoms with Gasteiger partial charge in [0.05, 0.1) is 6.42 Å². The number of nitrogens with zero attached hydrogens (tertiary/aromatic N) is 1. The van der Waals surface area contributed by atoms with Gasteiger partial charge in [-0.2, -0.15) is 0 Å². The first-order chi connectivity index (χ1) is 13.3. The van der Waals surface area contributed by atoms with E-state index in [1.54, 1.807) is 24.0 Å². The summed E-state index contributed by atoms with van der Waals surface area (Å²) < 4.78 is 0. The Kier molecular flexibility index (Phi) is 8.06. The van der Waals surface area contributed by atoms with E-state index in [2.05, 4.69) is 5.32 Å². The average molecular weight is 401 g/mol. The Bertz CT molecular complexity index is 805. The van der Waals surface area contributed by atoms with E-state index in [-0.39, 0.29) is 24.3 Å². The molecule has 0 aliphatic carbocycles. The second-order valence-corrected chi connectivity index (χ2v) is 7.74. The zero-order chi connectivity index (χ0) is 20.7. The van der Waals surface area contributed by atoms with Gasteiger partial charge >= 0.3 is 0 Å². The summed E-state index contributed by atoms with van der Waals surface area (Å²) >= 11 is 6.05. The maximum Gasteiger partial charge on any atom is 0.242 e. The highest BCUT2D eigenvalue weighted by Gasteiger charge is 2.26. The van der Waals surface area contributed by atoms with Crippen LogP contribution in [-0.2, 0) is 22.6 Å². The second-order valence-electron chi connectivity index (χ2n) is 7.31. The van der Waals surface area contributed by atoms with Gasteiger partial charge in [-0.05, 0) is 50.5 Å². The molecule has 28 heavy (non-hydrogen) atoms. The maximum absolute atomic E-state index is 13.1. The van der Waals surface area contributed by atoms with E-state index in [1.807, 2.05) is 57.2 Å². The Morgan fingerprint density at radius 3 is 2.36 bits per heavy atom. The number of nitrogens with one attached hydrogen (secondary N) is 1. The lowest BCUT2D eigenvalue weighted by molar-refractivity contribution is -0.140. The standard InChI is InChI=1S/C23H29ClN2O2/c1-5-17(3)25-23(28)18(4)26(15-19-11-9-16(2)10-12-19)22(27)14-20-7-6-8-21(24)13-20/h6-13,17-18H,5,14-15H2,1-4H3,(H,25,28)/t17-,18+/m0/s1. The molecule has 0 fully saturated rings. The van der Waals surface area contributed by atoms with E-state index in [0.29, 0.717) is 11.6 Å². The van der Waals surface area contributed by atoms with Crippen molar-refractivity contribution in [2.75, 3.05) is 0 Å². The van der Waals surface area contributed by atoms with Crippen molar-refractivity contribution in [3.8, 4) is 0 Å². The molecule has 0 aliphatic rings. The van der Waals surface area contributed by atoms with Crippen molar-refractivity contribution in [2.24, 2.45) is 0 Å². The zero-order valence-electron chi connectivity index (χ0n) is 17.0. The second kappa shape index (κ2) is 10.3. The minimum Gasteiger partial charge on any atom is -0.352 e. The van der Waals surface area contributed by atoms with Gasteiger partial charge < -0.3 is 10.2 Å². The Balaban J connectivity index is 2.22. The maximum atomic E-state index is 13.1. The zero-order valence-corrected chi connectivity index (χ0v) is 17.8. The van der Waals surface area contributed by atoms with Crippen LogP contribution in [-0.4, -0.2) is 28.8 Å². The third-order valence-electron chi connectivity index (χ3n) is 4.89. The lowest BCUT2D eigenvalue weighted by Crippen LogP contribution is -2.49. The molecule has 1 N–H and O–H groups in total. The topological polar surface area (TPSA) is 49.4 Å². The molecule has 4 nitrogen and oxygen atoms in total. The Hall–Kier alpha value is -2.33. The molecule has 0 unspecified atom stereocenters. The molecule has 2 aromatic rings. The summed E-state index contributed by atoms with van der Waals surface area (Å²) in [7, 11) is 0. The number of rotatable bonds is 8. The first kappa shape index (κ1) is 22.0. The van der Waals surface area contributed by atoms with Crippen molar-refractivity contribution in [2.45, 2.75) is 59.2 Å². The van der Waals surface area contributed by atoms with Gasteiger partial charge in [-0.1, -0.05) is 60.5 Å². The van der Waals surface area contributed by atoms with Gasteiger partial charge in [0.1, 0.15) is 6.04 Å². The van der Waals surface area contributed by atoms with Crippen LogP contribution in [0.2, 0.25) is 5.02 Å². The number of hydrogen-bond acceptors (Lipinski definition) is 2. The summed E-state index contributed by atoms with van der Waals surface area (Å²) in [6, 6.07) is 14.8. The van der Waals surface area contributed by atoms with Gasteiger partial charge in [0, 0.05) is 17.6 Å². The third kappa shape index (κ3) is 6.38. The summed E-state index contributed by atoms with van der Waals surface area (Å²) in [5.41, 5.74) is 2.98. The molecule has 0 bridgehead atoms. The fourth-order valence-electron chi connectivity index (χ4n) is 2.86. The van der Waals surface area contributed by atoms with Crippen LogP contribution in [0.5, 0.6) is 0 Å². The van der Waals surface area contributed by atoms with Gasteiger partial charge in [0.2, 0.25) is 11.8 Å². The predicted molar refractivity (Wildman–Crippen MR) is 114 cm³/mol. The molecule has 0 aliphatic heterocycles. The summed E-state index contributed by atoms with van der Waals surface area (Å²) in [6.07, 6.45) is 1.04. The SMILES string of the molecule is CC[C@H](C)NC(=O)[C@@H](C)N(Cc1ccc(C)cc1)C(=O)Cc1cccc(Cl)c1. The van der Waals surface area contributed by atoms with Gasteiger partial charge in [-0.15, -0.1) is 0 Å². The summed E-state index contributed by atoms with van der Waals surface area (Å²) in [5.74, 6) is -0.240. The lowest BCUT2D eigenvalue weighted by atomic mass is 10.1. The Morgan fingerprint density at radius 1 is 1.07 bits per heavy atom. The van der Waals surface area contributed by atoms with Crippen LogP contribution in [0, 0.1) is 6.92 Å². The summed E-state index contributed by atoms with van der Waals surface area (Å²) in [5, 5.41) is 3.57. The first-order valence-corrected chi connectivity index (χ1v) is 10.1. The number of amides is 2. The molecule has 2 amide bonds. The highest BCUT2D eigenvalue weighted by molar-refractivity contribution is 6.30. The van der Waals surface area contributed by atoms with Gasteiger partial charge in [-0.3, -0.25) is 9.59 Å². The molecule has 150 valence electrons. The van der Waals surface area contributed by atoms with E-state index < -0.39 is 6.04 Å². The van der Waals surface area contributed by atoms with E-state index in [4.69, 9.17) is 11.6 Å². The van der Waals surface area contributed by atoms with Crippen molar-refractivity contribution < 1.29 is 9.59 Å². The van der Waals surface area contributed by atoms with Crippen LogP contribution in [0.4, 0.5) is 0 Å². The van der Waals surface area contributed by atoms with Crippen LogP contribution < -0.4 is 5.32 Å². The molecule has 2 aromatic carbocycles. The normalized spacial score (nSPS) is 12.9. The molecular formula is C23H29ClN2O2. The van der Waals surface area contributed by atoms with E-state index in [1.165, 1.54) is 0 Å². The highest BCUT2D eigenvalue weighted by Crippen LogP contribution is 2.16. The highest BCUT2D eigenvalue weighted by atomic mass is 35.5. The fraction of sp³-hybridized carbons (Fsp3) is 0.391. The van der Waals surface area contributed by atoms with Crippen molar-refractivity contribution in [3.05, 3.63) is 70.2 Å². The smallest absolute Gasteiger partial charge is 0.242 e. The molecule has 0 radical (unpaired) electrons. The number of carbonyl (C=O) groups excluding carboxylic acids is 2. The number of aryl methyl sites for hydroxylation is 1. The van der Waals surface area contributed by atoms with Crippen LogP contribution in [0.15, 0.2) is 48.5 Å². The van der Waals surface area contributed by atoms with Crippen molar-refractivity contribution >= 4 is 23.4 Å². The van der Waals surface area contributed by atoms with Crippen LogP contribution >= 0.6 is 11.6 Å². The lowest BCUT2D eigenvalue weighted by Gasteiger charge is -2.30. The molecule has 0 saturated heterocycles. The molecule has 5 heteroatoms. The largest absolute Gasteiger partial charge is 0.352 e. The summed E-state index contributed by atoms with van der Waals surface area (Å²) in [4.78, 5) is 27.4. The molecule has 0 saturated carbocycles. The Morgan fingerprint density at radius 2 is 1.75 bits per heavy atom. The van der Waals surface area contributed by atoms with E-state index in [9.17, 15) is 9.59 Å². The minimum absolute atomic E-state index is 0.0687. The number of benzene rings is 2. The third-order valence-corrected chi connectivity index (χ3v) is 5.12. The fourth-order valence-corrected chi connectivity index (χ4v) is 3.07. The van der Waals surface area contributed by atoms with E-state index in [0.717, 1.165) is 23.1 Å². The quantitative estimate of drug-likeness (QED) is 0.708. The van der Waals surface area contributed by atoms with Crippen LogP contribution in [0.3, 0.4) is 0 Å². The molecule has 0 spiro atoms. The number of halogens is 1. The number of hydrogen-bond donors (Lipinski definition) is 1. The predicted octanol–water partition coefficient (Wildman–Crippen LogP) is 4.52. The average Bonchev–Trinajstić information content (AvgIpc) is 2.66. The molecule has 2 atom stereocenters. The van der Waals surface area contributed by atoms with Crippen LogP contribution in [0.25, 0.3) is 0 Å². The van der Waals surface area contributed by atoms with Gasteiger partial charge in [0.15, 0.2) is 0 Å². The molecule has 0 heterocycles. The van der Waals surface area contributed by atoms with Crippen LogP contribution in [0.1, 0.15) is 43.9 Å². The van der Waals surface area contributed by atoms with Crippen molar-refractivity contribution in [1.82, 2.24) is 10.2 Å². The molecule has 0 aromatic heterocycles. The molecule has 2 rings (SSSR count). The van der Waals surface area contributed by atoms with Crippen molar-refractivity contribution in [1.29, 1.82) is 0 Å². The van der Waals surface area contributed by atoms with E-state index >= 15 is 0 Å². The monoisotopic (exact) mass is 400 g/mol.